The van der Waals surface area contributed by atoms with E-state index < -0.39 is 0 Å². The van der Waals surface area contributed by atoms with E-state index >= 15 is 0 Å². The molecule has 0 aliphatic carbocycles. The molecule has 0 spiro atoms. The first kappa shape index (κ1) is 24.3. The molecule has 0 fully saturated rings. The lowest BCUT2D eigenvalue weighted by Crippen LogP contribution is -2.04. The number of hydrogen-bond acceptors (Lipinski definition) is 5. The van der Waals surface area contributed by atoms with E-state index in [2.05, 4.69) is 50.9 Å². The molecule has 27 heavy (non-hydrogen) atoms. The first-order chi connectivity index (χ1) is 13.1. The highest BCUT2D eigenvalue weighted by Gasteiger charge is 2.07. The first-order valence-electron chi connectivity index (χ1n) is 9.49. The van der Waals surface area contributed by atoms with Crippen molar-refractivity contribution in [1.82, 2.24) is 0 Å². The Kier molecular flexibility index (Phi) is 13.6. The van der Waals surface area contributed by atoms with E-state index in [1.54, 1.807) is 0 Å². The zero-order valence-electron chi connectivity index (χ0n) is 16.1. The van der Waals surface area contributed by atoms with Crippen molar-refractivity contribution in [3.8, 4) is 0 Å². The Morgan fingerprint density at radius 2 is 1.85 bits per heavy atom. The molecule has 0 radical (unpaired) electrons. The lowest BCUT2D eigenvalue weighted by Gasteiger charge is -2.13. The van der Waals surface area contributed by atoms with E-state index in [9.17, 15) is 4.79 Å². The predicted octanol–water partition coefficient (Wildman–Crippen LogP) is 5.81. The Bertz CT molecular complexity index is 584. The quantitative estimate of drug-likeness (QED) is 0.161. The average molecular weight is 425 g/mol. The molecule has 1 aromatic rings. The van der Waals surface area contributed by atoms with Gasteiger partial charge in [-0.25, -0.2) is 4.79 Å². The summed E-state index contributed by atoms with van der Waals surface area (Å²) in [7, 11) is 0. The fourth-order valence-corrected chi connectivity index (χ4v) is 3.32. The van der Waals surface area contributed by atoms with Crippen LogP contribution in [0.3, 0.4) is 0 Å². The van der Waals surface area contributed by atoms with Gasteiger partial charge in [0.2, 0.25) is 0 Å². The van der Waals surface area contributed by atoms with Crippen LogP contribution < -0.4 is 0 Å². The van der Waals surface area contributed by atoms with E-state index in [4.69, 9.17) is 4.74 Å². The minimum absolute atomic E-state index is 0.284. The molecule has 0 aliphatic rings. The Labute approximate surface area is 181 Å². The number of allylic oxidation sites excluding steroid dienone is 2. The van der Waals surface area contributed by atoms with Gasteiger partial charge in [0.15, 0.2) is 0 Å². The Morgan fingerprint density at radius 3 is 2.48 bits per heavy atom. The summed E-state index contributed by atoms with van der Waals surface area (Å²) in [6.45, 7) is 2.52. The smallest absolute Gasteiger partial charge is 0.331 e. The Morgan fingerprint density at radius 1 is 1.11 bits per heavy atom. The highest BCUT2D eigenvalue weighted by Crippen LogP contribution is 2.18. The second-order valence-corrected chi connectivity index (χ2v) is 7.92. The number of esters is 1. The third-order valence-corrected chi connectivity index (χ3v) is 5.90. The summed E-state index contributed by atoms with van der Waals surface area (Å²) in [5.41, 5.74) is 1.84. The maximum absolute atomic E-state index is 12.0. The molecule has 150 valence electrons. The van der Waals surface area contributed by atoms with Crippen LogP contribution >= 0.6 is 37.9 Å². The van der Waals surface area contributed by atoms with Gasteiger partial charge in [0.1, 0.15) is 6.61 Å². The largest absolute Gasteiger partial charge is 0.458 e. The summed E-state index contributed by atoms with van der Waals surface area (Å²) in [5.74, 6) is 3.22. The fraction of sp³-hybridized carbons (Fsp3) is 0.500. The molecule has 0 saturated heterocycles. The highest BCUT2D eigenvalue weighted by atomic mass is 32.1. The van der Waals surface area contributed by atoms with Gasteiger partial charge in [-0.05, 0) is 53.7 Å². The van der Waals surface area contributed by atoms with E-state index in [1.165, 1.54) is 25.3 Å². The Hall–Kier alpha value is -0.780. The summed E-state index contributed by atoms with van der Waals surface area (Å²) in [6, 6.07) is 9.67. The van der Waals surface area contributed by atoms with E-state index in [-0.39, 0.29) is 12.6 Å². The standard InChI is InChI=1S/C22H32O2S3/c1-18(15-25)7-5-10-20(16-26)11-6-12-21(17-27)13-22(23)24-14-19-8-3-2-4-9-19/h2-4,6,8-9,12-13,18,20,25-27H,5,7,10-11,14-17H2,1H3. The van der Waals surface area contributed by atoms with Gasteiger partial charge in [-0.1, -0.05) is 55.8 Å². The first-order valence-corrected chi connectivity index (χ1v) is 11.4. The Balaban J connectivity index is 2.42. The third-order valence-electron chi connectivity index (χ3n) is 4.39. The van der Waals surface area contributed by atoms with Crippen LogP contribution in [0.1, 0.15) is 38.2 Å². The molecule has 2 unspecified atom stereocenters. The molecule has 0 bridgehead atoms. The molecule has 0 N–H and O–H groups in total. The molecule has 0 heterocycles. The summed E-state index contributed by atoms with van der Waals surface area (Å²) in [6.07, 6.45) is 10.2. The number of carbonyl (C=O) groups is 1. The van der Waals surface area contributed by atoms with Gasteiger partial charge in [-0.2, -0.15) is 37.9 Å². The highest BCUT2D eigenvalue weighted by molar-refractivity contribution is 7.80. The van der Waals surface area contributed by atoms with Crippen molar-refractivity contribution >= 4 is 43.9 Å². The zero-order valence-corrected chi connectivity index (χ0v) is 18.8. The molecule has 0 aliphatic heterocycles. The van der Waals surface area contributed by atoms with Gasteiger partial charge in [-0.15, -0.1) is 0 Å². The predicted molar refractivity (Wildman–Crippen MR) is 126 cm³/mol. The molecule has 0 aromatic heterocycles. The van der Waals surface area contributed by atoms with Crippen molar-refractivity contribution in [2.24, 2.45) is 11.8 Å². The topological polar surface area (TPSA) is 26.3 Å². The summed E-state index contributed by atoms with van der Waals surface area (Å²) in [5, 5.41) is 0. The van der Waals surface area contributed by atoms with Crippen LogP contribution in [0.15, 0.2) is 54.1 Å². The molecule has 1 aromatic carbocycles. The van der Waals surface area contributed by atoms with Gasteiger partial charge in [0.25, 0.3) is 0 Å². The van der Waals surface area contributed by atoms with E-state index in [0.29, 0.717) is 17.6 Å². The number of benzene rings is 1. The number of rotatable bonds is 13. The third kappa shape index (κ3) is 11.6. The number of ether oxygens (including phenoxy) is 1. The van der Waals surface area contributed by atoms with Gasteiger partial charge in [0, 0.05) is 11.8 Å². The van der Waals surface area contributed by atoms with Gasteiger partial charge >= 0.3 is 5.97 Å². The van der Waals surface area contributed by atoms with Crippen molar-refractivity contribution in [3.05, 3.63) is 59.7 Å². The van der Waals surface area contributed by atoms with Crippen molar-refractivity contribution in [1.29, 1.82) is 0 Å². The molecule has 0 saturated carbocycles. The van der Waals surface area contributed by atoms with E-state index in [1.807, 2.05) is 36.4 Å². The molecular formula is C22H32O2S3. The van der Waals surface area contributed by atoms with Crippen LogP contribution in [0.25, 0.3) is 0 Å². The monoisotopic (exact) mass is 424 g/mol. The minimum atomic E-state index is -0.334. The lowest BCUT2D eigenvalue weighted by atomic mass is 9.96. The lowest BCUT2D eigenvalue weighted by molar-refractivity contribution is -0.139. The van der Waals surface area contributed by atoms with Crippen molar-refractivity contribution in [3.63, 3.8) is 0 Å². The SMILES string of the molecule is CC(CS)CCCC(CS)CC=CC(=CC(=O)OCc1ccccc1)CS. The van der Waals surface area contributed by atoms with Crippen LogP contribution in [0.5, 0.6) is 0 Å². The van der Waals surface area contributed by atoms with Crippen LogP contribution in [-0.2, 0) is 16.1 Å². The number of thiol groups is 3. The van der Waals surface area contributed by atoms with Crippen LogP contribution in [0, 0.1) is 11.8 Å². The molecule has 0 amide bonds. The van der Waals surface area contributed by atoms with Gasteiger partial charge < -0.3 is 4.74 Å². The molecule has 5 heteroatoms. The zero-order chi connectivity index (χ0) is 19.9. The molecular weight excluding hydrogens is 392 g/mol. The summed E-state index contributed by atoms with van der Waals surface area (Å²) in [4.78, 5) is 12.0. The van der Waals surface area contributed by atoms with E-state index in [0.717, 1.165) is 29.1 Å². The molecule has 1 rings (SSSR count). The van der Waals surface area contributed by atoms with Crippen LogP contribution in [-0.4, -0.2) is 23.2 Å². The fourth-order valence-electron chi connectivity index (χ4n) is 2.61. The van der Waals surface area contributed by atoms with Crippen LogP contribution in [0.2, 0.25) is 0 Å². The van der Waals surface area contributed by atoms with Gasteiger partial charge in [0.05, 0.1) is 0 Å². The summed E-state index contributed by atoms with van der Waals surface area (Å²) < 4.78 is 5.29. The normalized spacial score (nSPS) is 14.3. The maximum Gasteiger partial charge on any atom is 0.331 e. The van der Waals surface area contributed by atoms with Crippen LogP contribution in [0.4, 0.5) is 0 Å². The summed E-state index contributed by atoms with van der Waals surface area (Å²) >= 11 is 13.1. The molecule has 2 atom stereocenters. The molecule has 2 nitrogen and oxygen atoms in total. The second-order valence-electron chi connectivity index (χ2n) is 6.88. The minimum Gasteiger partial charge on any atom is -0.458 e. The van der Waals surface area contributed by atoms with Gasteiger partial charge in [-0.3, -0.25) is 0 Å². The number of hydrogen-bond donors (Lipinski definition) is 3. The number of carbonyl (C=O) groups excluding carboxylic acids is 1. The second kappa shape index (κ2) is 15.2. The van der Waals surface area contributed by atoms with Crippen molar-refractivity contribution in [2.75, 3.05) is 17.3 Å². The van der Waals surface area contributed by atoms with Crippen molar-refractivity contribution < 1.29 is 9.53 Å². The average Bonchev–Trinajstić information content (AvgIpc) is 2.70. The maximum atomic E-state index is 12.0. The van der Waals surface area contributed by atoms with Crippen molar-refractivity contribution in [2.45, 2.75) is 39.2 Å².